The summed E-state index contributed by atoms with van der Waals surface area (Å²) < 4.78 is 1.78. The van der Waals surface area contributed by atoms with E-state index in [2.05, 4.69) is 15.4 Å². The third-order valence-electron chi connectivity index (χ3n) is 4.23. The van der Waals surface area contributed by atoms with Gasteiger partial charge in [0.1, 0.15) is 0 Å². The molecule has 23 heavy (non-hydrogen) atoms. The van der Waals surface area contributed by atoms with Crippen LogP contribution in [0.1, 0.15) is 29.3 Å². The summed E-state index contributed by atoms with van der Waals surface area (Å²) in [6, 6.07) is 3.92. The van der Waals surface area contributed by atoms with Gasteiger partial charge < -0.3 is 10.2 Å². The van der Waals surface area contributed by atoms with Gasteiger partial charge in [0.15, 0.2) is 0 Å². The monoisotopic (exact) mass is 313 g/mol. The molecule has 0 unspecified atom stereocenters. The van der Waals surface area contributed by atoms with Gasteiger partial charge >= 0.3 is 0 Å². The SMILES string of the molecule is CCn1cc(C(=O)N(Cc2cccnc2)C[C@H]2CCNC2)cn1. The summed E-state index contributed by atoms with van der Waals surface area (Å²) in [5, 5.41) is 7.59. The first-order valence-corrected chi connectivity index (χ1v) is 8.17. The molecule has 3 rings (SSSR count). The highest BCUT2D eigenvalue weighted by Gasteiger charge is 2.23. The molecule has 2 aromatic rings. The average Bonchev–Trinajstić information content (AvgIpc) is 3.26. The van der Waals surface area contributed by atoms with Gasteiger partial charge in [-0.05, 0) is 44.0 Å². The van der Waals surface area contributed by atoms with Crippen molar-refractivity contribution in [2.75, 3.05) is 19.6 Å². The average molecular weight is 313 g/mol. The molecular formula is C17H23N5O. The van der Waals surface area contributed by atoms with Gasteiger partial charge in [-0.15, -0.1) is 0 Å². The summed E-state index contributed by atoms with van der Waals surface area (Å²) in [5.74, 6) is 0.553. The number of hydrogen-bond acceptors (Lipinski definition) is 4. The van der Waals surface area contributed by atoms with Crippen molar-refractivity contribution in [1.29, 1.82) is 0 Å². The standard InChI is InChI=1S/C17H23N5O/c1-2-22-13-16(10-20-22)17(23)21(12-15-5-7-19-9-15)11-14-4-3-6-18-8-14/h3-4,6,8,10,13,15,19H,2,5,7,9,11-12H2,1H3/t15-/m0/s1. The Morgan fingerprint density at radius 2 is 2.39 bits per heavy atom. The molecule has 1 N–H and O–H groups in total. The third kappa shape index (κ3) is 3.96. The molecule has 1 amide bonds. The van der Waals surface area contributed by atoms with E-state index in [4.69, 9.17) is 0 Å². The van der Waals surface area contributed by atoms with Crippen LogP contribution >= 0.6 is 0 Å². The normalized spacial score (nSPS) is 17.3. The fourth-order valence-electron chi connectivity index (χ4n) is 2.94. The molecule has 1 atom stereocenters. The van der Waals surface area contributed by atoms with Crippen molar-refractivity contribution in [2.24, 2.45) is 5.92 Å². The lowest BCUT2D eigenvalue weighted by atomic mass is 10.1. The van der Waals surface area contributed by atoms with Gasteiger partial charge in [0.2, 0.25) is 0 Å². The van der Waals surface area contributed by atoms with E-state index < -0.39 is 0 Å². The topological polar surface area (TPSA) is 63.1 Å². The maximum atomic E-state index is 12.9. The predicted octanol–water partition coefficient (Wildman–Crippen LogP) is 1.55. The largest absolute Gasteiger partial charge is 0.334 e. The van der Waals surface area contributed by atoms with E-state index in [9.17, 15) is 4.79 Å². The molecule has 3 heterocycles. The second-order valence-corrected chi connectivity index (χ2v) is 5.99. The molecule has 122 valence electrons. The molecule has 6 nitrogen and oxygen atoms in total. The van der Waals surface area contributed by atoms with Crippen LogP contribution in [0.2, 0.25) is 0 Å². The lowest BCUT2D eigenvalue weighted by Gasteiger charge is -2.25. The molecule has 0 aliphatic carbocycles. The molecule has 1 aliphatic heterocycles. The van der Waals surface area contributed by atoms with Gasteiger partial charge in [0, 0.05) is 38.2 Å². The quantitative estimate of drug-likeness (QED) is 0.879. The van der Waals surface area contributed by atoms with Crippen LogP contribution in [0.3, 0.4) is 0 Å². The van der Waals surface area contributed by atoms with Crippen molar-refractivity contribution in [3.63, 3.8) is 0 Å². The van der Waals surface area contributed by atoms with E-state index in [1.807, 2.05) is 36.4 Å². The number of rotatable bonds is 6. The van der Waals surface area contributed by atoms with E-state index >= 15 is 0 Å². The highest BCUT2D eigenvalue weighted by molar-refractivity contribution is 5.93. The number of hydrogen-bond donors (Lipinski definition) is 1. The van der Waals surface area contributed by atoms with Gasteiger partial charge in [-0.1, -0.05) is 6.07 Å². The maximum absolute atomic E-state index is 12.9. The lowest BCUT2D eigenvalue weighted by Crippen LogP contribution is -2.35. The van der Waals surface area contributed by atoms with Crippen LogP contribution in [-0.4, -0.2) is 45.2 Å². The van der Waals surface area contributed by atoms with E-state index in [1.54, 1.807) is 17.1 Å². The Labute approximate surface area is 136 Å². The van der Waals surface area contributed by atoms with E-state index in [0.29, 0.717) is 18.0 Å². The number of carbonyl (C=O) groups excluding carboxylic acids is 1. The van der Waals surface area contributed by atoms with Crippen molar-refractivity contribution in [1.82, 2.24) is 25.0 Å². The summed E-state index contributed by atoms with van der Waals surface area (Å²) in [6.45, 7) is 6.14. The molecule has 0 radical (unpaired) electrons. The zero-order valence-corrected chi connectivity index (χ0v) is 13.5. The Kier molecular flexibility index (Phi) is 5.02. The van der Waals surface area contributed by atoms with Crippen LogP contribution in [0.15, 0.2) is 36.9 Å². The van der Waals surface area contributed by atoms with Crippen LogP contribution in [0.5, 0.6) is 0 Å². The summed E-state index contributed by atoms with van der Waals surface area (Å²) >= 11 is 0. The molecule has 0 aromatic carbocycles. The Bertz CT molecular complexity index is 633. The first-order chi connectivity index (χ1) is 11.3. The van der Waals surface area contributed by atoms with Crippen molar-refractivity contribution in [3.05, 3.63) is 48.0 Å². The summed E-state index contributed by atoms with van der Waals surface area (Å²) in [7, 11) is 0. The van der Waals surface area contributed by atoms with Crippen LogP contribution in [0.4, 0.5) is 0 Å². The molecule has 1 fully saturated rings. The third-order valence-corrected chi connectivity index (χ3v) is 4.23. The summed E-state index contributed by atoms with van der Waals surface area (Å²) in [5.41, 5.74) is 1.70. The number of amides is 1. The molecule has 0 spiro atoms. The first-order valence-electron chi connectivity index (χ1n) is 8.17. The van der Waals surface area contributed by atoms with Crippen molar-refractivity contribution >= 4 is 5.91 Å². The number of nitrogens with zero attached hydrogens (tertiary/aromatic N) is 4. The Morgan fingerprint density at radius 1 is 1.48 bits per heavy atom. The number of aryl methyl sites for hydroxylation is 1. The number of aromatic nitrogens is 3. The van der Waals surface area contributed by atoms with Gasteiger partial charge in [0.05, 0.1) is 11.8 Å². The zero-order valence-electron chi connectivity index (χ0n) is 13.5. The van der Waals surface area contributed by atoms with E-state index in [-0.39, 0.29) is 5.91 Å². The molecule has 2 aromatic heterocycles. The van der Waals surface area contributed by atoms with E-state index in [0.717, 1.165) is 38.2 Å². The minimum Gasteiger partial charge on any atom is -0.334 e. The predicted molar refractivity (Wildman–Crippen MR) is 87.9 cm³/mol. The Hall–Kier alpha value is -2.21. The van der Waals surface area contributed by atoms with Gasteiger partial charge in [0.25, 0.3) is 5.91 Å². The number of carbonyl (C=O) groups is 1. The fraction of sp³-hybridized carbons (Fsp3) is 0.471. The number of pyridine rings is 1. The van der Waals surface area contributed by atoms with Crippen LogP contribution in [-0.2, 0) is 13.1 Å². The minimum absolute atomic E-state index is 0.0421. The summed E-state index contributed by atoms with van der Waals surface area (Å²) in [6.07, 6.45) is 8.18. The molecule has 0 bridgehead atoms. The van der Waals surface area contributed by atoms with E-state index in [1.165, 1.54) is 0 Å². The number of nitrogens with one attached hydrogen (secondary N) is 1. The minimum atomic E-state index is 0.0421. The van der Waals surface area contributed by atoms with Crippen LogP contribution < -0.4 is 5.32 Å². The zero-order chi connectivity index (χ0) is 16.1. The van der Waals surface area contributed by atoms with Gasteiger partial charge in [-0.25, -0.2) is 0 Å². The molecule has 6 heteroatoms. The van der Waals surface area contributed by atoms with Gasteiger partial charge in [-0.3, -0.25) is 14.5 Å². The van der Waals surface area contributed by atoms with Crippen molar-refractivity contribution in [2.45, 2.75) is 26.4 Å². The Balaban J connectivity index is 1.76. The highest BCUT2D eigenvalue weighted by atomic mass is 16.2. The second-order valence-electron chi connectivity index (χ2n) is 5.99. The first kappa shape index (κ1) is 15.7. The van der Waals surface area contributed by atoms with Crippen LogP contribution in [0.25, 0.3) is 0 Å². The van der Waals surface area contributed by atoms with Crippen molar-refractivity contribution in [3.8, 4) is 0 Å². The fourth-order valence-corrected chi connectivity index (χ4v) is 2.94. The smallest absolute Gasteiger partial charge is 0.257 e. The van der Waals surface area contributed by atoms with Gasteiger partial charge in [-0.2, -0.15) is 5.10 Å². The maximum Gasteiger partial charge on any atom is 0.257 e. The molecule has 0 saturated carbocycles. The molecule has 1 saturated heterocycles. The summed E-state index contributed by atoms with van der Waals surface area (Å²) in [4.78, 5) is 19.0. The lowest BCUT2D eigenvalue weighted by molar-refractivity contribution is 0.0718. The second kappa shape index (κ2) is 7.37. The van der Waals surface area contributed by atoms with Crippen LogP contribution in [0, 0.1) is 5.92 Å². The Morgan fingerprint density at radius 3 is 3.04 bits per heavy atom. The van der Waals surface area contributed by atoms with Crippen molar-refractivity contribution < 1.29 is 4.79 Å². The molecular weight excluding hydrogens is 290 g/mol. The molecule has 1 aliphatic rings. The highest BCUT2D eigenvalue weighted by Crippen LogP contribution is 2.15.